The molecule has 0 atom stereocenters. The van der Waals surface area contributed by atoms with E-state index in [0.717, 1.165) is 18.1 Å². The number of nitrogens with zero attached hydrogens (tertiary/aromatic N) is 2. The van der Waals surface area contributed by atoms with Gasteiger partial charge in [-0.25, -0.2) is 18.2 Å². The molecule has 0 aliphatic rings. The number of nitrogens with one attached hydrogen (secondary N) is 1. The maximum absolute atomic E-state index is 14.6. The number of aromatic nitrogens is 2. The molecule has 2 aromatic carbocycles. The number of hydrogen-bond donors (Lipinski definition) is 1. The van der Waals surface area contributed by atoms with Gasteiger partial charge in [-0.1, -0.05) is 30.9 Å². The van der Waals surface area contributed by atoms with Crippen molar-refractivity contribution in [3.8, 4) is 11.1 Å². The first-order valence-electron chi connectivity index (χ1n) is 10.8. The van der Waals surface area contributed by atoms with Crippen molar-refractivity contribution in [1.82, 2.24) is 9.38 Å². The van der Waals surface area contributed by atoms with E-state index in [2.05, 4.69) is 16.9 Å². The first-order chi connectivity index (χ1) is 16.8. The molecule has 0 radical (unpaired) electrons. The van der Waals surface area contributed by atoms with Crippen LogP contribution < -0.4 is 5.32 Å². The van der Waals surface area contributed by atoms with Gasteiger partial charge < -0.3 is 5.32 Å². The number of rotatable bonds is 6. The summed E-state index contributed by atoms with van der Waals surface area (Å²) in [6.45, 7) is 6.46. The van der Waals surface area contributed by atoms with Crippen molar-refractivity contribution >= 4 is 22.8 Å². The SMILES string of the molecule is C=C/C=C(\C(F)=C(/C)F)c1cnc2c(-c3ccc(C)c(C(=O)Nc4ccc(F)cc4)c3)cccn12. The topological polar surface area (TPSA) is 46.4 Å². The zero-order chi connectivity index (χ0) is 25.1. The maximum atomic E-state index is 14.6. The minimum atomic E-state index is -0.993. The van der Waals surface area contributed by atoms with Crippen molar-refractivity contribution in [2.45, 2.75) is 13.8 Å². The molecular weight excluding hydrogens is 451 g/mol. The molecule has 35 heavy (non-hydrogen) atoms. The number of imidazole rings is 1. The van der Waals surface area contributed by atoms with Crippen LogP contribution in [0.1, 0.15) is 28.5 Å². The Hall–Kier alpha value is -4.39. The number of halogens is 3. The summed E-state index contributed by atoms with van der Waals surface area (Å²) in [5.41, 5.74) is 3.98. The third-order valence-electron chi connectivity index (χ3n) is 5.53. The van der Waals surface area contributed by atoms with Crippen molar-refractivity contribution in [1.29, 1.82) is 0 Å². The van der Waals surface area contributed by atoms with Crippen LogP contribution in [0.5, 0.6) is 0 Å². The number of allylic oxidation sites excluding steroid dienone is 5. The normalized spacial score (nSPS) is 12.4. The predicted octanol–water partition coefficient (Wildman–Crippen LogP) is 7.44. The van der Waals surface area contributed by atoms with Crippen LogP contribution >= 0.6 is 0 Å². The highest BCUT2D eigenvalue weighted by Gasteiger charge is 2.18. The fourth-order valence-corrected chi connectivity index (χ4v) is 3.78. The third-order valence-corrected chi connectivity index (χ3v) is 5.53. The second-order valence-electron chi connectivity index (χ2n) is 7.91. The summed E-state index contributed by atoms with van der Waals surface area (Å²) in [5, 5.41) is 2.77. The molecule has 1 N–H and O–H groups in total. The molecule has 176 valence electrons. The number of aryl methyl sites for hydroxylation is 1. The first-order valence-corrected chi connectivity index (χ1v) is 10.8. The molecule has 0 fully saturated rings. The van der Waals surface area contributed by atoms with Crippen LogP contribution in [0.3, 0.4) is 0 Å². The predicted molar refractivity (Wildman–Crippen MR) is 133 cm³/mol. The lowest BCUT2D eigenvalue weighted by Gasteiger charge is -2.12. The highest BCUT2D eigenvalue weighted by Crippen LogP contribution is 2.32. The van der Waals surface area contributed by atoms with Gasteiger partial charge in [-0.05, 0) is 67.4 Å². The number of carbonyl (C=O) groups excluding carboxylic acids is 1. The van der Waals surface area contributed by atoms with E-state index >= 15 is 0 Å². The van der Waals surface area contributed by atoms with E-state index in [-0.39, 0.29) is 11.5 Å². The zero-order valence-corrected chi connectivity index (χ0v) is 19.1. The van der Waals surface area contributed by atoms with Crippen molar-refractivity contribution in [2.75, 3.05) is 5.32 Å². The Morgan fingerprint density at radius 3 is 2.54 bits per heavy atom. The Kier molecular flexibility index (Phi) is 6.68. The number of hydrogen-bond acceptors (Lipinski definition) is 2. The second kappa shape index (κ2) is 9.85. The summed E-state index contributed by atoms with van der Waals surface area (Å²) >= 11 is 0. The third kappa shape index (κ3) is 4.80. The first kappa shape index (κ1) is 23.8. The summed E-state index contributed by atoms with van der Waals surface area (Å²) in [7, 11) is 0. The minimum Gasteiger partial charge on any atom is -0.322 e. The van der Waals surface area contributed by atoms with Gasteiger partial charge >= 0.3 is 0 Å². The Bertz CT molecular complexity index is 1490. The molecule has 2 heterocycles. The highest BCUT2D eigenvalue weighted by molar-refractivity contribution is 6.06. The van der Waals surface area contributed by atoms with E-state index in [4.69, 9.17) is 0 Å². The van der Waals surface area contributed by atoms with Gasteiger partial charge in [0.15, 0.2) is 5.83 Å². The quantitative estimate of drug-likeness (QED) is 0.296. The fourth-order valence-electron chi connectivity index (χ4n) is 3.78. The number of pyridine rings is 1. The lowest BCUT2D eigenvalue weighted by atomic mass is 9.99. The lowest BCUT2D eigenvalue weighted by Crippen LogP contribution is -2.13. The van der Waals surface area contributed by atoms with Crippen LogP contribution in [0.2, 0.25) is 0 Å². The van der Waals surface area contributed by atoms with E-state index < -0.39 is 17.5 Å². The minimum absolute atomic E-state index is 0.0212. The van der Waals surface area contributed by atoms with Gasteiger partial charge in [-0.2, -0.15) is 0 Å². The molecule has 1 amide bonds. The monoisotopic (exact) mass is 473 g/mol. The number of amides is 1. The van der Waals surface area contributed by atoms with Crippen LogP contribution in [0.4, 0.5) is 18.9 Å². The number of benzene rings is 2. The van der Waals surface area contributed by atoms with E-state index in [1.807, 2.05) is 25.1 Å². The van der Waals surface area contributed by atoms with Gasteiger partial charge in [0.2, 0.25) is 0 Å². The summed E-state index contributed by atoms with van der Waals surface area (Å²) in [6, 6.07) is 14.5. The van der Waals surface area contributed by atoms with E-state index in [1.54, 1.807) is 22.7 Å². The lowest BCUT2D eigenvalue weighted by molar-refractivity contribution is 0.102. The highest BCUT2D eigenvalue weighted by atomic mass is 19.2. The van der Waals surface area contributed by atoms with E-state index in [9.17, 15) is 18.0 Å². The molecule has 0 spiro atoms. The van der Waals surface area contributed by atoms with Crippen LogP contribution in [-0.4, -0.2) is 15.3 Å². The van der Waals surface area contributed by atoms with Gasteiger partial charge in [0.25, 0.3) is 5.91 Å². The maximum Gasteiger partial charge on any atom is 0.255 e. The zero-order valence-electron chi connectivity index (χ0n) is 19.1. The van der Waals surface area contributed by atoms with Crippen LogP contribution in [0, 0.1) is 12.7 Å². The fraction of sp³-hybridized carbons (Fsp3) is 0.0714. The number of carbonyl (C=O) groups is 1. The molecule has 0 bridgehead atoms. The Morgan fingerprint density at radius 2 is 1.86 bits per heavy atom. The van der Waals surface area contributed by atoms with Gasteiger partial charge in [-0.3, -0.25) is 9.20 Å². The van der Waals surface area contributed by atoms with Crippen LogP contribution in [0.25, 0.3) is 22.3 Å². The molecule has 4 rings (SSSR count). The van der Waals surface area contributed by atoms with Crippen molar-refractivity contribution in [2.24, 2.45) is 0 Å². The van der Waals surface area contributed by atoms with Gasteiger partial charge in [0.1, 0.15) is 17.3 Å². The molecule has 0 saturated heterocycles. The summed E-state index contributed by atoms with van der Waals surface area (Å²) in [4.78, 5) is 17.4. The average molecular weight is 473 g/mol. The van der Waals surface area contributed by atoms with Crippen molar-refractivity contribution in [3.05, 3.63) is 120 Å². The van der Waals surface area contributed by atoms with Gasteiger partial charge in [0.05, 0.1) is 11.9 Å². The molecule has 7 heteroatoms. The van der Waals surface area contributed by atoms with Crippen molar-refractivity contribution in [3.63, 3.8) is 0 Å². The molecule has 0 aliphatic heterocycles. The molecule has 0 unspecified atom stereocenters. The van der Waals surface area contributed by atoms with E-state index in [0.29, 0.717) is 28.2 Å². The summed E-state index contributed by atoms with van der Waals surface area (Å²) in [5.74, 6) is -2.67. The molecule has 4 nitrogen and oxygen atoms in total. The summed E-state index contributed by atoms with van der Waals surface area (Å²) in [6.07, 6.45) is 5.94. The van der Waals surface area contributed by atoms with Crippen LogP contribution in [0.15, 0.2) is 97.4 Å². The Morgan fingerprint density at radius 1 is 1.11 bits per heavy atom. The van der Waals surface area contributed by atoms with Crippen molar-refractivity contribution < 1.29 is 18.0 Å². The van der Waals surface area contributed by atoms with Gasteiger partial charge in [0, 0.05) is 28.6 Å². The largest absolute Gasteiger partial charge is 0.322 e. The average Bonchev–Trinajstić information content (AvgIpc) is 3.28. The number of anilines is 1. The van der Waals surface area contributed by atoms with Gasteiger partial charge in [-0.15, -0.1) is 0 Å². The Balaban J connectivity index is 1.77. The molecular formula is C28H22F3N3O. The molecule has 4 aromatic rings. The standard InChI is InChI=1S/C28H22F3N3O/c1-4-6-23(26(31)18(3)29)25-16-32-27-22(7-5-14-34(25)27)19-9-8-17(2)24(15-19)28(35)33-21-12-10-20(30)11-13-21/h4-16H,1H2,2-3H3,(H,33,35)/b23-6-,26-18-. The van der Waals surface area contributed by atoms with Crippen LogP contribution in [-0.2, 0) is 0 Å². The molecule has 0 aliphatic carbocycles. The molecule has 2 aromatic heterocycles. The molecule has 0 saturated carbocycles. The Labute approximate surface area is 200 Å². The van der Waals surface area contributed by atoms with E-state index in [1.165, 1.54) is 42.6 Å². The second-order valence-corrected chi connectivity index (χ2v) is 7.91. The summed E-state index contributed by atoms with van der Waals surface area (Å²) < 4.78 is 43.1. The smallest absolute Gasteiger partial charge is 0.255 e. The number of fused-ring (bicyclic) bond motifs is 1.